The molecule has 0 radical (unpaired) electrons. The molecular formula is C28H37NO6. The monoisotopic (exact) mass is 483 g/mol. The Hall–Kier alpha value is -3.35. The second kappa shape index (κ2) is 14.8. The molecule has 2 rings (SSSR count). The molecule has 190 valence electrons. The number of rotatable bonds is 14. The van der Waals surface area contributed by atoms with Crippen LogP contribution in [0.15, 0.2) is 45.1 Å². The SMILES string of the molecule is CCCCCCc1cccc(C=C(C)C(=O)c2c(O)cc(CCCCCNC(=O)OC)oc2=O)c1. The summed E-state index contributed by atoms with van der Waals surface area (Å²) in [5.41, 5.74) is 1.26. The summed E-state index contributed by atoms with van der Waals surface area (Å²) in [4.78, 5) is 36.4. The van der Waals surface area contributed by atoms with E-state index in [4.69, 9.17) is 4.42 Å². The first-order valence-corrected chi connectivity index (χ1v) is 12.4. The van der Waals surface area contributed by atoms with Crippen molar-refractivity contribution in [2.45, 2.75) is 71.6 Å². The molecule has 0 aliphatic carbocycles. The van der Waals surface area contributed by atoms with Crippen LogP contribution in [0.2, 0.25) is 0 Å². The lowest BCUT2D eigenvalue weighted by molar-refractivity contribution is 0.102. The minimum Gasteiger partial charge on any atom is -0.507 e. The molecule has 1 aromatic heterocycles. The number of ketones is 1. The number of Topliss-reactive ketones (excluding diaryl/α,β-unsaturated/α-hetero) is 1. The zero-order valence-corrected chi connectivity index (χ0v) is 21.0. The first-order chi connectivity index (χ1) is 16.8. The van der Waals surface area contributed by atoms with E-state index >= 15 is 0 Å². The van der Waals surface area contributed by atoms with Crippen LogP contribution >= 0.6 is 0 Å². The molecule has 0 bridgehead atoms. The van der Waals surface area contributed by atoms with Gasteiger partial charge in [-0.2, -0.15) is 0 Å². The van der Waals surface area contributed by atoms with E-state index in [0.29, 0.717) is 30.7 Å². The van der Waals surface area contributed by atoms with Crippen molar-refractivity contribution in [3.05, 3.63) is 68.8 Å². The van der Waals surface area contributed by atoms with E-state index in [-0.39, 0.29) is 11.3 Å². The van der Waals surface area contributed by atoms with Crippen LogP contribution in [0.25, 0.3) is 6.08 Å². The Labute approximate surface area is 207 Å². The van der Waals surface area contributed by atoms with Gasteiger partial charge in [0.15, 0.2) is 5.78 Å². The number of hydrogen-bond acceptors (Lipinski definition) is 6. The summed E-state index contributed by atoms with van der Waals surface area (Å²) in [5, 5.41) is 13.0. The van der Waals surface area contributed by atoms with Gasteiger partial charge in [0.05, 0.1) is 7.11 Å². The predicted octanol–water partition coefficient (Wildman–Crippen LogP) is 5.82. The number of amides is 1. The Balaban J connectivity index is 1.99. The maximum atomic E-state index is 12.9. The van der Waals surface area contributed by atoms with Crippen LogP contribution in [-0.4, -0.2) is 30.6 Å². The Morgan fingerprint density at radius 2 is 1.80 bits per heavy atom. The molecule has 0 aliphatic heterocycles. The van der Waals surface area contributed by atoms with Crippen LogP contribution in [0.4, 0.5) is 4.79 Å². The molecule has 35 heavy (non-hydrogen) atoms. The van der Waals surface area contributed by atoms with Crippen LogP contribution in [0.1, 0.15) is 86.0 Å². The van der Waals surface area contributed by atoms with E-state index < -0.39 is 17.5 Å². The second-order valence-electron chi connectivity index (χ2n) is 8.70. The van der Waals surface area contributed by atoms with Gasteiger partial charge in [-0.25, -0.2) is 9.59 Å². The third-order valence-electron chi connectivity index (χ3n) is 5.77. The number of aromatic hydroxyl groups is 1. The average molecular weight is 484 g/mol. The van der Waals surface area contributed by atoms with Crippen molar-refractivity contribution in [1.29, 1.82) is 0 Å². The van der Waals surface area contributed by atoms with E-state index in [1.165, 1.54) is 38.0 Å². The van der Waals surface area contributed by atoms with Crippen LogP contribution in [0.3, 0.4) is 0 Å². The van der Waals surface area contributed by atoms with Crippen LogP contribution in [0, 0.1) is 0 Å². The van der Waals surface area contributed by atoms with Crippen LogP contribution in [0.5, 0.6) is 5.75 Å². The quantitative estimate of drug-likeness (QED) is 0.199. The normalized spacial score (nSPS) is 11.3. The molecule has 1 heterocycles. The first kappa shape index (κ1) is 27.9. The zero-order valence-electron chi connectivity index (χ0n) is 21.0. The summed E-state index contributed by atoms with van der Waals surface area (Å²) in [6.45, 7) is 4.31. The van der Waals surface area contributed by atoms with E-state index in [1.807, 2.05) is 12.1 Å². The molecule has 7 nitrogen and oxygen atoms in total. The average Bonchev–Trinajstić information content (AvgIpc) is 2.83. The third kappa shape index (κ3) is 9.43. The Bertz CT molecular complexity index is 1070. The van der Waals surface area contributed by atoms with Gasteiger partial charge in [0.2, 0.25) is 0 Å². The van der Waals surface area contributed by atoms with Gasteiger partial charge in [0.25, 0.3) is 0 Å². The number of nitrogens with one attached hydrogen (secondary N) is 1. The molecule has 0 saturated heterocycles. The van der Waals surface area contributed by atoms with Crippen molar-refractivity contribution < 1.29 is 23.8 Å². The fourth-order valence-electron chi connectivity index (χ4n) is 3.83. The highest BCUT2D eigenvalue weighted by atomic mass is 16.5. The summed E-state index contributed by atoms with van der Waals surface area (Å²) in [6, 6.07) is 9.35. The summed E-state index contributed by atoms with van der Waals surface area (Å²) >= 11 is 0. The molecule has 0 atom stereocenters. The first-order valence-electron chi connectivity index (χ1n) is 12.4. The van der Waals surface area contributed by atoms with Crippen molar-refractivity contribution in [1.82, 2.24) is 5.32 Å². The zero-order chi connectivity index (χ0) is 25.6. The minimum atomic E-state index is -0.838. The highest BCUT2D eigenvalue weighted by Gasteiger charge is 2.20. The fraction of sp³-hybridized carbons (Fsp3) is 0.464. The summed E-state index contributed by atoms with van der Waals surface area (Å²) in [7, 11) is 1.31. The summed E-state index contributed by atoms with van der Waals surface area (Å²) in [5.74, 6) is -0.599. The molecule has 7 heteroatoms. The summed E-state index contributed by atoms with van der Waals surface area (Å²) in [6.07, 6.45) is 9.67. The van der Waals surface area contributed by atoms with Crippen molar-refractivity contribution in [2.24, 2.45) is 0 Å². The summed E-state index contributed by atoms with van der Waals surface area (Å²) < 4.78 is 9.80. The standard InChI is InChI=1S/C28H37NO6/c1-4-5-6-8-12-21-13-11-14-22(18-21)17-20(2)26(31)25-24(30)19-23(35-27(25)32)15-9-7-10-16-29-28(33)34-3/h11,13-14,17-19,30H,4-10,12,15-16H2,1-3H3,(H,29,33). The van der Waals surface area contributed by atoms with Crippen LogP contribution < -0.4 is 10.9 Å². The Kier molecular flexibility index (Phi) is 11.8. The lowest BCUT2D eigenvalue weighted by Crippen LogP contribution is -2.23. The second-order valence-corrected chi connectivity index (χ2v) is 8.70. The van der Waals surface area contributed by atoms with Crippen LogP contribution in [-0.2, 0) is 17.6 Å². The van der Waals surface area contributed by atoms with Crippen molar-refractivity contribution >= 4 is 18.0 Å². The number of carbonyl (C=O) groups excluding carboxylic acids is 2. The number of allylic oxidation sites excluding steroid dienone is 1. The Morgan fingerprint density at radius 1 is 1.06 bits per heavy atom. The van der Waals surface area contributed by atoms with Gasteiger partial charge in [0, 0.05) is 19.0 Å². The molecule has 0 spiro atoms. The minimum absolute atomic E-state index is 0.322. The Morgan fingerprint density at radius 3 is 2.51 bits per heavy atom. The van der Waals surface area contributed by atoms with E-state index in [1.54, 1.807) is 13.0 Å². The maximum absolute atomic E-state index is 12.9. The van der Waals surface area contributed by atoms with E-state index in [2.05, 4.69) is 29.1 Å². The van der Waals surface area contributed by atoms with Crippen molar-refractivity contribution in [2.75, 3.05) is 13.7 Å². The van der Waals surface area contributed by atoms with Gasteiger partial charge in [-0.15, -0.1) is 0 Å². The molecule has 1 amide bonds. The number of aryl methyl sites for hydroxylation is 2. The number of carbonyl (C=O) groups is 2. The molecule has 2 aromatic rings. The molecule has 0 fully saturated rings. The highest BCUT2D eigenvalue weighted by Crippen LogP contribution is 2.21. The highest BCUT2D eigenvalue weighted by molar-refractivity contribution is 6.12. The largest absolute Gasteiger partial charge is 0.507 e. The van der Waals surface area contributed by atoms with Gasteiger partial charge >= 0.3 is 11.7 Å². The van der Waals surface area contributed by atoms with Crippen molar-refractivity contribution in [3.63, 3.8) is 0 Å². The smallest absolute Gasteiger partial charge is 0.406 e. The van der Waals surface area contributed by atoms with Gasteiger partial charge in [-0.1, -0.05) is 56.9 Å². The van der Waals surface area contributed by atoms with Gasteiger partial charge in [-0.05, 0) is 55.4 Å². The van der Waals surface area contributed by atoms with Gasteiger partial charge in [-0.3, -0.25) is 4.79 Å². The molecule has 2 N–H and O–H groups in total. The molecule has 0 unspecified atom stereocenters. The molecule has 1 aromatic carbocycles. The lowest BCUT2D eigenvalue weighted by atomic mass is 10.00. The lowest BCUT2D eigenvalue weighted by Gasteiger charge is -2.07. The maximum Gasteiger partial charge on any atom is 0.406 e. The molecule has 0 aliphatic rings. The van der Waals surface area contributed by atoms with E-state index in [0.717, 1.165) is 31.2 Å². The number of hydrogen-bond donors (Lipinski definition) is 2. The number of ether oxygens (including phenoxy) is 1. The fourth-order valence-corrected chi connectivity index (χ4v) is 3.83. The molecular weight excluding hydrogens is 446 g/mol. The predicted molar refractivity (Wildman–Crippen MR) is 137 cm³/mol. The van der Waals surface area contributed by atoms with Gasteiger partial charge in [0.1, 0.15) is 17.1 Å². The number of methoxy groups -OCH3 is 1. The number of benzene rings is 1. The number of unbranched alkanes of at least 4 members (excludes halogenated alkanes) is 5. The van der Waals surface area contributed by atoms with Crippen molar-refractivity contribution in [3.8, 4) is 5.75 Å². The number of alkyl carbamates (subject to hydrolysis) is 1. The van der Waals surface area contributed by atoms with Gasteiger partial charge < -0.3 is 19.6 Å². The third-order valence-corrected chi connectivity index (χ3v) is 5.77. The molecule has 0 saturated carbocycles. The topological polar surface area (TPSA) is 106 Å². The van der Waals surface area contributed by atoms with E-state index in [9.17, 15) is 19.5 Å².